The van der Waals surface area contributed by atoms with Crippen molar-refractivity contribution < 1.29 is 32.2 Å². The van der Waals surface area contributed by atoms with Gasteiger partial charge in [-0.2, -0.15) is 0 Å². The average Bonchev–Trinajstić information content (AvgIpc) is 3.05. The standard InChI is InChI=1S/C20H29NO7S/c1-5-21(16-10-11-29(24,25)13-16)20(23)14(2)28-19(22)9-7-15-6-8-17(26-3)18(12-15)27-4/h6,8,12,14,16H,5,7,9-11,13H2,1-4H3/t14-,16-/m1/s1. The second-order valence-electron chi connectivity index (χ2n) is 7.00. The van der Waals surface area contributed by atoms with Crippen molar-refractivity contribution in [2.24, 2.45) is 0 Å². The van der Waals surface area contributed by atoms with Gasteiger partial charge in [-0.1, -0.05) is 6.07 Å². The number of hydrogen-bond acceptors (Lipinski definition) is 7. The number of likely N-dealkylation sites (N-methyl/N-ethyl adjacent to an activating group) is 1. The van der Waals surface area contributed by atoms with Crippen LogP contribution in [0.25, 0.3) is 0 Å². The van der Waals surface area contributed by atoms with Crippen LogP contribution in [0.5, 0.6) is 11.5 Å². The first-order valence-electron chi connectivity index (χ1n) is 9.62. The summed E-state index contributed by atoms with van der Waals surface area (Å²) in [4.78, 5) is 26.4. The molecule has 0 radical (unpaired) electrons. The van der Waals surface area contributed by atoms with Gasteiger partial charge in [0, 0.05) is 19.0 Å². The van der Waals surface area contributed by atoms with Gasteiger partial charge < -0.3 is 19.1 Å². The Kier molecular flexibility index (Phi) is 7.89. The molecule has 1 heterocycles. The van der Waals surface area contributed by atoms with Gasteiger partial charge in [-0.05, 0) is 44.4 Å². The van der Waals surface area contributed by atoms with Gasteiger partial charge in [0.1, 0.15) is 0 Å². The fraction of sp³-hybridized carbons (Fsp3) is 0.600. The van der Waals surface area contributed by atoms with E-state index in [0.29, 0.717) is 30.9 Å². The highest BCUT2D eigenvalue weighted by Gasteiger charge is 2.36. The monoisotopic (exact) mass is 427 g/mol. The number of carbonyl (C=O) groups excluding carboxylic acids is 2. The summed E-state index contributed by atoms with van der Waals surface area (Å²) in [5, 5.41) is 0. The summed E-state index contributed by atoms with van der Waals surface area (Å²) < 4.78 is 39.1. The highest BCUT2D eigenvalue weighted by Crippen LogP contribution is 2.28. The molecule has 1 amide bonds. The second-order valence-corrected chi connectivity index (χ2v) is 9.23. The molecule has 8 nitrogen and oxygen atoms in total. The van der Waals surface area contributed by atoms with Gasteiger partial charge in [0.2, 0.25) is 0 Å². The van der Waals surface area contributed by atoms with E-state index >= 15 is 0 Å². The van der Waals surface area contributed by atoms with Gasteiger partial charge in [-0.25, -0.2) is 8.42 Å². The number of aryl methyl sites for hydroxylation is 1. The molecule has 1 aromatic rings. The zero-order valence-electron chi connectivity index (χ0n) is 17.3. The maximum atomic E-state index is 12.7. The Morgan fingerprint density at radius 2 is 1.90 bits per heavy atom. The number of rotatable bonds is 9. The van der Waals surface area contributed by atoms with Crippen molar-refractivity contribution in [1.29, 1.82) is 0 Å². The number of methoxy groups -OCH3 is 2. The highest BCUT2D eigenvalue weighted by molar-refractivity contribution is 7.91. The van der Waals surface area contributed by atoms with E-state index in [1.807, 2.05) is 6.07 Å². The first kappa shape index (κ1) is 23.0. The molecule has 0 spiro atoms. The Hall–Kier alpha value is -2.29. The van der Waals surface area contributed by atoms with Crippen molar-refractivity contribution in [3.8, 4) is 11.5 Å². The average molecular weight is 428 g/mol. The third-order valence-electron chi connectivity index (χ3n) is 4.99. The molecule has 2 rings (SSSR count). The van der Waals surface area contributed by atoms with E-state index in [-0.39, 0.29) is 29.9 Å². The molecule has 1 saturated heterocycles. The molecule has 162 valence electrons. The SMILES string of the molecule is CCN(C(=O)[C@@H](C)OC(=O)CCc1ccc(OC)c(OC)c1)[C@@H]1CCS(=O)(=O)C1. The minimum Gasteiger partial charge on any atom is -0.493 e. The molecule has 1 fully saturated rings. The zero-order chi connectivity index (χ0) is 21.6. The second kappa shape index (κ2) is 9.96. The maximum absolute atomic E-state index is 12.7. The van der Waals surface area contributed by atoms with Gasteiger partial charge in [0.05, 0.1) is 25.7 Å². The summed E-state index contributed by atoms with van der Waals surface area (Å²) in [6.45, 7) is 3.67. The fourth-order valence-corrected chi connectivity index (χ4v) is 5.17. The molecule has 2 atom stereocenters. The molecular formula is C20H29NO7S. The third kappa shape index (κ3) is 6.09. The van der Waals surface area contributed by atoms with Crippen molar-refractivity contribution in [2.75, 3.05) is 32.3 Å². The Morgan fingerprint density at radius 3 is 2.45 bits per heavy atom. The van der Waals surface area contributed by atoms with Gasteiger partial charge in [0.15, 0.2) is 27.4 Å². The number of amides is 1. The van der Waals surface area contributed by atoms with Crippen LogP contribution in [-0.4, -0.2) is 69.6 Å². The topological polar surface area (TPSA) is 99.2 Å². The first-order valence-corrected chi connectivity index (χ1v) is 11.4. The molecule has 0 unspecified atom stereocenters. The Balaban J connectivity index is 1.90. The first-order chi connectivity index (χ1) is 13.7. The van der Waals surface area contributed by atoms with Crippen molar-refractivity contribution >= 4 is 21.7 Å². The Morgan fingerprint density at radius 1 is 1.21 bits per heavy atom. The number of hydrogen-bond donors (Lipinski definition) is 0. The number of benzene rings is 1. The van der Waals surface area contributed by atoms with Crippen LogP contribution >= 0.6 is 0 Å². The number of esters is 1. The number of ether oxygens (including phenoxy) is 3. The van der Waals surface area contributed by atoms with Gasteiger partial charge in [-0.15, -0.1) is 0 Å². The summed E-state index contributed by atoms with van der Waals surface area (Å²) in [5.74, 6) is 0.372. The Bertz CT molecular complexity index is 837. The summed E-state index contributed by atoms with van der Waals surface area (Å²) >= 11 is 0. The van der Waals surface area contributed by atoms with Crippen molar-refractivity contribution in [3.63, 3.8) is 0 Å². The van der Waals surface area contributed by atoms with Gasteiger partial charge in [0.25, 0.3) is 5.91 Å². The Labute approximate surface area is 172 Å². The van der Waals surface area contributed by atoms with E-state index in [2.05, 4.69) is 0 Å². The van der Waals surface area contributed by atoms with Crippen molar-refractivity contribution in [2.45, 2.75) is 45.3 Å². The van der Waals surface area contributed by atoms with Crippen LogP contribution in [0, 0.1) is 0 Å². The molecule has 0 bridgehead atoms. The highest BCUT2D eigenvalue weighted by atomic mass is 32.2. The molecule has 9 heteroatoms. The zero-order valence-corrected chi connectivity index (χ0v) is 18.2. The van der Waals surface area contributed by atoms with Crippen LogP contribution in [0.15, 0.2) is 18.2 Å². The van der Waals surface area contributed by atoms with Crippen LogP contribution in [-0.2, 0) is 30.6 Å². The molecule has 0 aromatic heterocycles. The molecule has 0 N–H and O–H groups in total. The van der Waals surface area contributed by atoms with E-state index < -0.39 is 21.9 Å². The van der Waals surface area contributed by atoms with Crippen LogP contribution in [0.3, 0.4) is 0 Å². The summed E-state index contributed by atoms with van der Waals surface area (Å²) in [7, 11) is -0.0144. The molecule has 1 aliphatic rings. The van der Waals surface area contributed by atoms with Gasteiger partial charge in [-0.3, -0.25) is 9.59 Å². The maximum Gasteiger partial charge on any atom is 0.306 e. The summed E-state index contributed by atoms with van der Waals surface area (Å²) in [5.41, 5.74) is 0.880. The lowest BCUT2D eigenvalue weighted by molar-refractivity contribution is -0.159. The van der Waals surface area contributed by atoms with E-state index in [1.165, 1.54) is 18.9 Å². The number of sulfone groups is 1. The molecule has 1 aliphatic heterocycles. The molecular weight excluding hydrogens is 398 g/mol. The molecule has 29 heavy (non-hydrogen) atoms. The van der Waals surface area contributed by atoms with Crippen LogP contribution < -0.4 is 9.47 Å². The van der Waals surface area contributed by atoms with Crippen LogP contribution in [0.1, 0.15) is 32.3 Å². The van der Waals surface area contributed by atoms with Crippen molar-refractivity contribution in [3.05, 3.63) is 23.8 Å². The van der Waals surface area contributed by atoms with E-state index in [4.69, 9.17) is 14.2 Å². The summed E-state index contributed by atoms with van der Waals surface area (Å²) in [6.07, 6.45) is -0.00616. The molecule has 1 aromatic carbocycles. The smallest absolute Gasteiger partial charge is 0.306 e. The largest absolute Gasteiger partial charge is 0.493 e. The van der Waals surface area contributed by atoms with Crippen molar-refractivity contribution in [1.82, 2.24) is 4.90 Å². The molecule has 0 aliphatic carbocycles. The minimum atomic E-state index is -3.10. The quantitative estimate of drug-likeness (QED) is 0.552. The lowest BCUT2D eigenvalue weighted by Crippen LogP contribution is -2.46. The minimum absolute atomic E-state index is 0.0352. The number of nitrogens with zero attached hydrogens (tertiary/aromatic N) is 1. The normalized spacial score (nSPS) is 18.7. The molecule has 0 saturated carbocycles. The number of carbonyl (C=O) groups is 2. The predicted octanol–water partition coefficient (Wildman–Crippen LogP) is 1.60. The predicted molar refractivity (Wildman–Crippen MR) is 108 cm³/mol. The lowest BCUT2D eigenvalue weighted by Gasteiger charge is -2.29. The van der Waals surface area contributed by atoms with E-state index in [0.717, 1.165) is 5.56 Å². The van der Waals surface area contributed by atoms with E-state index in [9.17, 15) is 18.0 Å². The van der Waals surface area contributed by atoms with Crippen LogP contribution in [0.2, 0.25) is 0 Å². The third-order valence-corrected chi connectivity index (χ3v) is 6.75. The van der Waals surface area contributed by atoms with Crippen LogP contribution in [0.4, 0.5) is 0 Å². The lowest BCUT2D eigenvalue weighted by atomic mass is 10.1. The fourth-order valence-electron chi connectivity index (χ4n) is 3.44. The van der Waals surface area contributed by atoms with E-state index in [1.54, 1.807) is 26.2 Å². The van der Waals surface area contributed by atoms with Gasteiger partial charge >= 0.3 is 5.97 Å². The summed E-state index contributed by atoms with van der Waals surface area (Å²) in [6, 6.07) is 5.04.